The molecule has 0 heterocycles. The van der Waals surface area contributed by atoms with Crippen molar-refractivity contribution in [3.05, 3.63) is 83.4 Å². The van der Waals surface area contributed by atoms with Crippen LogP contribution in [0.5, 0.6) is 5.75 Å². The molecule has 3 rings (SSSR count). The van der Waals surface area contributed by atoms with Gasteiger partial charge >= 0.3 is 16.3 Å². The molecule has 3 amide bonds. The van der Waals surface area contributed by atoms with Crippen molar-refractivity contribution in [2.24, 2.45) is 0 Å². The summed E-state index contributed by atoms with van der Waals surface area (Å²) in [6.07, 6.45) is 0. The molecular weight excluding hydrogens is 473 g/mol. The fourth-order valence-electron chi connectivity index (χ4n) is 2.76. The molecule has 0 aliphatic carbocycles. The first-order valence-corrected chi connectivity index (χ1v) is 11.3. The van der Waals surface area contributed by atoms with Gasteiger partial charge in [-0.15, -0.1) is 3.89 Å². The third-order valence-corrected chi connectivity index (χ3v) is 5.33. The number of carbonyl (C=O) groups is 2. The Hall–Kier alpha value is -3.63. The molecule has 11 heteroatoms. The molecule has 0 aromatic heterocycles. The van der Waals surface area contributed by atoms with Crippen molar-refractivity contribution in [1.82, 2.24) is 5.32 Å². The lowest BCUT2D eigenvalue weighted by Crippen LogP contribution is -2.29. The van der Waals surface area contributed by atoms with Gasteiger partial charge in [0.1, 0.15) is 10.6 Å². The number of benzene rings is 3. The minimum Gasteiger partial charge on any atom is -0.484 e. The number of hydrogen-bond donors (Lipinski definition) is 3. The van der Waals surface area contributed by atoms with Crippen LogP contribution in [0.25, 0.3) is 0 Å². The van der Waals surface area contributed by atoms with Crippen LogP contribution in [0.2, 0.25) is 5.02 Å². The standard InChI is InChI=1S/C22H19ClFN3O5S/c23-16-6-3-8-18(11-16)32-14-21(28)25-13-15-5-1-2-10-20(15)27-22(29)26-17-7-4-9-19(12-17)33(24,30)31/h1-12H,13-14H2,(H,25,28)(H2,26,27,29). The van der Waals surface area contributed by atoms with Crippen molar-refractivity contribution in [3.63, 3.8) is 0 Å². The molecule has 0 radical (unpaired) electrons. The fourth-order valence-corrected chi connectivity index (χ4v) is 3.45. The van der Waals surface area contributed by atoms with E-state index in [1.807, 2.05) is 0 Å². The zero-order chi connectivity index (χ0) is 23.8. The van der Waals surface area contributed by atoms with Crippen molar-refractivity contribution in [1.29, 1.82) is 0 Å². The van der Waals surface area contributed by atoms with Crippen LogP contribution in [0.15, 0.2) is 77.7 Å². The zero-order valence-corrected chi connectivity index (χ0v) is 18.6. The van der Waals surface area contributed by atoms with E-state index in [-0.39, 0.29) is 24.7 Å². The first-order valence-electron chi connectivity index (χ1n) is 9.56. The lowest BCUT2D eigenvalue weighted by Gasteiger charge is -2.13. The summed E-state index contributed by atoms with van der Waals surface area (Å²) >= 11 is 5.88. The molecule has 3 aromatic carbocycles. The molecule has 0 bridgehead atoms. The third-order valence-electron chi connectivity index (χ3n) is 4.28. The van der Waals surface area contributed by atoms with Gasteiger partial charge in [-0.3, -0.25) is 4.79 Å². The second kappa shape index (κ2) is 10.8. The van der Waals surface area contributed by atoms with Crippen molar-refractivity contribution >= 4 is 45.1 Å². The number of nitrogens with one attached hydrogen (secondary N) is 3. The van der Waals surface area contributed by atoms with E-state index in [2.05, 4.69) is 16.0 Å². The maximum Gasteiger partial charge on any atom is 0.332 e. The van der Waals surface area contributed by atoms with E-state index in [0.717, 1.165) is 12.1 Å². The quantitative estimate of drug-likeness (QED) is 0.406. The Labute approximate surface area is 194 Å². The topological polar surface area (TPSA) is 114 Å². The molecule has 8 nitrogen and oxygen atoms in total. The number of hydrogen-bond acceptors (Lipinski definition) is 5. The van der Waals surface area contributed by atoms with Gasteiger partial charge in [0, 0.05) is 22.9 Å². The summed E-state index contributed by atoms with van der Waals surface area (Å²) in [5.41, 5.74) is 1.12. The van der Waals surface area contributed by atoms with E-state index < -0.39 is 21.1 Å². The summed E-state index contributed by atoms with van der Waals surface area (Å²) < 4.78 is 40.6. The summed E-state index contributed by atoms with van der Waals surface area (Å²) in [6.45, 7) is -0.103. The number of rotatable bonds is 8. The lowest BCUT2D eigenvalue weighted by molar-refractivity contribution is -0.123. The van der Waals surface area contributed by atoms with E-state index in [0.29, 0.717) is 22.0 Å². The van der Waals surface area contributed by atoms with Crippen LogP contribution in [0.1, 0.15) is 5.56 Å². The van der Waals surface area contributed by atoms with Crippen molar-refractivity contribution in [3.8, 4) is 5.75 Å². The number of carbonyl (C=O) groups excluding carboxylic acids is 2. The summed E-state index contributed by atoms with van der Waals surface area (Å²) in [6, 6.07) is 17.6. The summed E-state index contributed by atoms with van der Waals surface area (Å²) in [7, 11) is -4.90. The maximum atomic E-state index is 13.2. The minimum absolute atomic E-state index is 0.0928. The maximum absolute atomic E-state index is 13.2. The van der Waals surface area contributed by atoms with Crippen LogP contribution < -0.4 is 20.7 Å². The largest absolute Gasteiger partial charge is 0.484 e. The molecule has 172 valence electrons. The van der Waals surface area contributed by atoms with Gasteiger partial charge in [-0.1, -0.05) is 41.9 Å². The lowest BCUT2D eigenvalue weighted by atomic mass is 10.1. The molecular formula is C22H19ClFN3O5S. The molecule has 0 saturated carbocycles. The van der Waals surface area contributed by atoms with Gasteiger partial charge in [0.15, 0.2) is 6.61 Å². The number of halogens is 2. The molecule has 0 unspecified atom stereocenters. The molecule has 0 aliphatic rings. The SMILES string of the molecule is O=C(COc1cccc(Cl)c1)NCc1ccccc1NC(=O)Nc1cccc(S(=O)(=O)F)c1. The van der Waals surface area contributed by atoms with Crippen molar-refractivity contribution in [2.45, 2.75) is 11.4 Å². The molecule has 3 N–H and O–H groups in total. The molecule has 0 fully saturated rings. The number of urea groups is 1. The van der Waals surface area contributed by atoms with Gasteiger partial charge in [-0.25, -0.2) is 4.79 Å². The highest BCUT2D eigenvalue weighted by atomic mass is 35.5. The van der Waals surface area contributed by atoms with Crippen molar-refractivity contribution in [2.75, 3.05) is 17.2 Å². The van der Waals surface area contributed by atoms with Crippen LogP contribution in [-0.4, -0.2) is 27.0 Å². The van der Waals surface area contributed by atoms with E-state index in [4.69, 9.17) is 16.3 Å². The Kier molecular flexibility index (Phi) is 7.86. The van der Waals surface area contributed by atoms with Gasteiger partial charge in [0.25, 0.3) is 5.91 Å². The first-order chi connectivity index (χ1) is 15.7. The van der Waals surface area contributed by atoms with Crippen LogP contribution in [0.3, 0.4) is 0 Å². The highest BCUT2D eigenvalue weighted by molar-refractivity contribution is 7.86. The molecule has 0 atom stereocenters. The Balaban J connectivity index is 1.56. The Bertz CT molecular complexity index is 1270. The number of para-hydroxylation sites is 1. The molecule has 0 spiro atoms. The average molecular weight is 492 g/mol. The summed E-state index contributed by atoms with van der Waals surface area (Å²) in [4.78, 5) is 23.9. The van der Waals surface area contributed by atoms with E-state index in [1.54, 1.807) is 48.5 Å². The van der Waals surface area contributed by atoms with E-state index in [9.17, 15) is 21.9 Å². The molecule has 0 aliphatic heterocycles. The normalized spacial score (nSPS) is 10.8. The fraction of sp³-hybridized carbons (Fsp3) is 0.0909. The minimum atomic E-state index is -4.90. The van der Waals surface area contributed by atoms with Gasteiger partial charge < -0.3 is 20.7 Å². The van der Waals surface area contributed by atoms with Gasteiger partial charge in [0.05, 0.1) is 0 Å². The molecule has 33 heavy (non-hydrogen) atoms. The second-order valence-electron chi connectivity index (χ2n) is 6.72. The second-order valence-corrected chi connectivity index (χ2v) is 8.51. The highest BCUT2D eigenvalue weighted by Crippen LogP contribution is 2.19. The van der Waals surface area contributed by atoms with Crippen LogP contribution in [-0.2, 0) is 21.6 Å². The first kappa shape index (κ1) is 24.0. The van der Waals surface area contributed by atoms with Crippen molar-refractivity contribution < 1.29 is 26.6 Å². The summed E-state index contributed by atoms with van der Waals surface area (Å²) in [5.74, 6) is 0.0829. The van der Waals surface area contributed by atoms with Crippen LogP contribution in [0, 0.1) is 0 Å². The smallest absolute Gasteiger partial charge is 0.332 e. The van der Waals surface area contributed by atoms with Crippen LogP contribution >= 0.6 is 11.6 Å². The van der Waals surface area contributed by atoms with Gasteiger partial charge in [0.2, 0.25) is 0 Å². The third kappa shape index (κ3) is 7.48. The predicted molar refractivity (Wildman–Crippen MR) is 123 cm³/mol. The molecule has 3 aromatic rings. The Morgan fingerprint density at radius 1 is 0.939 bits per heavy atom. The molecule has 0 saturated heterocycles. The predicted octanol–water partition coefficient (Wildman–Crippen LogP) is 4.34. The monoisotopic (exact) mass is 491 g/mol. The number of anilines is 2. The number of ether oxygens (including phenoxy) is 1. The highest BCUT2D eigenvalue weighted by Gasteiger charge is 2.13. The zero-order valence-electron chi connectivity index (χ0n) is 17.0. The number of amides is 3. The Morgan fingerprint density at radius 2 is 1.70 bits per heavy atom. The van der Waals surface area contributed by atoms with Gasteiger partial charge in [-0.05, 0) is 48.0 Å². The Morgan fingerprint density at radius 3 is 2.45 bits per heavy atom. The van der Waals surface area contributed by atoms with Crippen LogP contribution in [0.4, 0.5) is 20.1 Å². The summed E-state index contributed by atoms with van der Waals surface area (Å²) in [5, 5.41) is 8.24. The average Bonchev–Trinajstić information content (AvgIpc) is 2.77. The van der Waals surface area contributed by atoms with E-state index >= 15 is 0 Å². The van der Waals surface area contributed by atoms with Gasteiger partial charge in [-0.2, -0.15) is 8.42 Å². The van der Waals surface area contributed by atoms with E-state index in [1.165, 1.54) is 12.1 Å².